The lowest BCUT2D eigenvalue weighted by Gasteiger charge is -2.16. The number of carbonyl (C=O) groups is 2. The molecule has 1 aromatic rings. The fraction of sp³-hybridized carbons (Fsp3) is 0.385. The fourth-order valence-corrected chi connectivity index (χ4v) is 0.835. The van der Waals surface area contributed by atoms with Crippen LogP contribution in [0.2, 0.25) is 0 Å². The number of aliphatic hydroxyl groups excluding tert-OH is 2. The molecule has 0 bridgehead atoms. The minimum Gasteiger partial charge on any atom is -0.478 e. The Morgan fingerprint density at radius 3 is 1.58 bits per heavy atom. The van der Waals surface area contributed by atoms with Crippen LogP contribution >= 0.6 is 0 Å². The van der Waals surface area contributed by atoms with Crippen LogP contribution in [-0.2, 0) is 0 Å². The zero-order chi connectivity index (χ0) is 15.1. The predicted octanol–water partition coefficient (Wildman–Crippen LogP) is 1.08. The van der Waals surface area contributed by atoms with E-state index in [2.05, 4.69) is 0 Å². The van der Waals surface area contributed by atoms with E-state index in [1.807, 2.05) is 0 Å². The average Bonchev–Trinajstić information content (AvgIpc) is 2.39. The van der Waals surface area contributed by atoms with Crippen molar-refractivity contribution < 1.29 is 30.0 Å². The minimum absolute atomic E-state index is 0.0186. The lowest BCUT2D eigenvalue weighted by Crippen LogP contribution is -2.20. The van der Waals surface area contributed by atoms with Crippen LogP contribution in [0.4, 0.5) is 0 Å². The topological polar surface area (TPSA) is 115 Å². The Bertz CT molecular complexity index is 403. The molecule has 0 saturated carbocycles. The van der Waals surface area contributed by atoms with Crippen molar-refractivity contribution in [3.05, 3.63) is 35.4 Å². The summed E-state index contributed by atoms with van der Waals surface area (Å²) >= 11 is 0. The number of benzene rings is 1. The third kappa shape index (κ3) is 6.54. The van der Waals surface area contributed by atoms with Gasteiger partial charge in [0.1, 0.15) is 0 Å². The maximum Gasteiger partial charge on any atom is 0.335 e. The van der Waals surface area contributed by atoms with Gasteiger partial charge in [0.05, 0.1) is 24.3 Å². The normalized spacial score (nSPS) is 10.3. The van der Waals surface area contributed by atoms with Gasteiger partial charge in [0.25, 0.3) is 0 Å². The van der Waals surface area contributed by atoms with Crippen molar-refractivity contribution in [3.63, 3.8) is 0 Å². The molecule has 1 rings (SSSR count). The Morgan fingerprint density at radius 2 is 1.37 bits per heavy atom. The number of hydrogen-bond donors (Lipinski definition) is 4. The van der Waals surface area contributed by atoms with Gasteiger partial charge >= 0.3 is 11.9 Å². The highest BCUT2D eigenvalue weighted by atomic mass is 16.4. The Hall–Kier alpha value is -1.92. The zero-order valence-electron chi connectivity index (χ0n) is 10.8. The highest BCUT2D eigenvalue weighted by Crippen LogP contribution is 2.10. The van der Waals surface area contributed by atoms with E-state index in [0.717, 1.165) is 6.07 Å². The molecule has 106 valence electrons. The van der Waals surface area contributed by atoms with Crippen molar-refractivity contribution in [2.75, 3.05) is 13.2 Å². The van der Waals surface area contributed by atoms with E-state index in [1.54, 1.807) is 13.8 Å². The van der Waals surface area contributed by atoms with Gasteiger partial charge in [0.2, 0.25) is 0 Å². The first kappa shape index (κ1) is 17.1. The molecule has 0 fully saturated rings. The van der Waals surface area contributed by atoms with Crippen molar-refractivity contribution in [2.24, 2.45) is 5.41 Å². The summed E-state index contributed by atoms with van der Waals surface area (Å²) in [6.45, 7) is 3.69. The van der Waals surface area contributed by atoms with Crippen molar-refractivity contribution in [1.82, 2.24) is 0 Å². The van der Waals surface area contributed by atoms with Crippen LogP contribution in [0, 0.1) is 5.41 Å². The molecular weight excluding hydrogens is 252 g/mol. The van der Waals surface area contributed by atoms with E-state index in [0.29, 0.717) is 0 Å². The molecule has 0 radical (unpaired) electrons. The molecule has 4 N–H and O–H groups in total. The quantitative estimate of drug-likeness (QED) is 0.650. The van der Waals surface area contributed by atoms with Gasteiger partial charge in [-0.1, -0.05) is 19.9 Å². The molecule has 0 aromatic heterocycles. The molecule has 0 spiro atoms. The lowest BCUT2D eigenvalue weighted by atomic mass is 9.97. The molecule has 19 heavy (non-hydrogen) atoms. The number of rotatable bonds is 4. The summed E-state index contributed by atoms with van der Waals surface area (Å²) in [5.41, 5.74) is -0.343. The molecule has 0 aliphatic carbocycles. The second-order valence-electron chi connectivity index (χ2n) is 4.67. The smallest absolute Gasteiger partial charge is 0.335 e. The van der Waals surface area contributed by atoms with Crippen LogP contribution in [0.15, 0.2) is 24.3 Å². The van der Waals surface area contributed by atoms with Gasteiger partial charge < -0.3 is 20.4 Å². The van der Waals surface area contributed by atoms with Crippen LogP contribution in [0.5, 0.6) is 0 Å². The third-order valence-electron chi connectivity index (χ3n) is 2.21. The number of carboxylic acids is 2. The molecule has 0 unspecified atom stereocenters. The average molecular weight is 270 g/mol. The van der Waals surface area contributed by atoms with Crippen LogP contribution in [0.3, 0.4) is 0 Å². The number of aliphatic hydroxyl groups is 2. The van der Waals surface area contributed by atoms with E-state index >= 15 is 0 Å². The Morgan fingerprint density at radius 1 is 1.00 bits per heavy atom. The van der Waals surface area contributed by atoms with Gasteiger partial charge in [-0.15, -0.1) is 0 Å². The SMILES string of the molecule is CC(C)(CO)CO.O=C(O)c1cccc(C(=O)O)c1. The number of aromatic carboxylic acids is 2. The fourth-order valence-electron chi connectivity index (χ4n) is 0.835. The van der Waals surface area contributed by atoms with Crippen LogP contribution < -0.4 is 0 Å². The van der Waals surface area contributed by atoms with E-state index < -0.39 is 11.9 Å². The largest absolute Gasteiger partial charge is 0.478 e. The van der Waals surface area contributed by atoms with E-state index in [9.17, 15) is 9.59 Å². The summed E-state index contributed by atoms with van der Waals surface area (Å²) in [5, 5.41) is 33.9. The monoisotopic (exact) mass is 270 g/mol. The maximum atomic E-state index is 10.4. The maximum absolute atomic E-state index is 10.4. The van der Waals surface area contributed by atoms with E-state index in [-0.39, 0.29) is 29.8 Å². The summed E-state index contributed by atoms with van der Waals surface area (Å²) in [6.07, 6.45) is 0. The third-order valence-corrected chi connectivity index (χ3v) is 2.21. The minimum atomic E-state index is -1.13. The van der Waals surface area contributed by atoms with Crippen LogP contribution in [-0.4, -0.2) is 45.6 Å². The highest BCUT2D eigenvalue weighted by Gasteiger charge is 2.13. The van der Waals surface area contributed by atoms with Gasteiger partial charge in [-0.25, -0.2) is 9.59 Å². The van der Waals surface area contributed by atoms with Gasteiger partial charge in [-0.3, -0.25) is 0 Å². The highest BCUT2D eigenvalue weighted by molar-refractivity contribution is 5.93. The van der Waals surface area contributed by atoms with Gasteiger partial charge in [0, 0.05) is 5.41 Å². The number of hydrogen-bond acceptors (Lipinski definition) is 4. The lowest BCUT2D eigenvalue weighted by molar-refractivity contribution is 0.0696. The first-order chi connectivity index (χ1) is 8.73. The Balaban J connectivity index is 0.000000399. The molecule has 0 saturated heterocycles. The molecule has 0 atom stereocenters. The summed E-state index contributed by atoms with van der Waals surface area (Å²) in [6, 6.07) is 5.20. The molecule has 1 aromatic carbocycles. The van der Waals surface area contributed by atoms with Gasteiger partial charge in [0.15, 0.2) is 0 Å². The first-order valence-electron chi connectivity index (χ1n) is 5.52. The molecule has 0 amide bonds. The Kier molecular flexibility index (Phi) is 6.74. The number of carboxylic acid groups (broad SMARTS) is 2. The van der Waals surface area contributed by atoms with Crippen LogP contribution in [0.25, 0.3) is 0 Å². The van der Waals surface area contributed by atoms with Crippen molar-refractivity contribution in [1.29, 1.82) is 0 Å². The summed E-state index contributed by atoms with van der Waals surface area (Å²) in [4.78, 5) is 20.8. The molecule has 0 heterocycles. The summed E-state index contributed by atoms with van der Waals surface area (Å²) in [7, 11) is 0. The standard InChI is InChI=1S/C8H6O4.C5H12O2/c9-7(10)5-2-1-3-6(4-5)8(11)12;1-5(2,3-6)4-7/h1-4H,(H,9,10)(H,11,12);6-7H,3-4H2,1-2H3. The second-order valence-corrected chi connectivity index (χ2v) is 4.67. The summed E-state index contributed by atoms with van der Waals surface area (Å²) < 4.78 is 0. The molecular formula is C13H18O6. The molecule has 0 aliphatic heterocycles. The Labute approximate surface area is 110 Å². The van der Waals surface area contributed by atoms with Crippen LogP contribution in [0.1, 0.15) is 34.6 Å². The van der Waals surface area contributed by atoms with Crippen molar-refractivity contribution in [2.45, 2.75) is 13.8 Å². The second kappa shape index (κ2) is 7.50. The molecule has 0 aliphatic rings. The predicted molar refractivity (Wildman–Crippen MR) is 68.3 cm³/mol. The van der Waals surface area contributed by atoms with Crippen molar-refractivity contribution >= 4 is 11.9 Å². The van der Waals surface area contributed by atoms with E-state index in [4.69, 9.17) is 20.4 Å². The first-order valence-corrected chi connectivity index (χ1v) is 5.52. The summed E-state index contributed by atoms with van der Waals surface area (Å²) in [5.74, 6) is -2.25. The zero-order valence-corrected chi connectivity index (χ0v) is 10.8. The van der Waals surface area contributed by atoms with Crippen molar-refractivity contribution in [3.8, 4) is 0 Å². The van der Waals surface area contributed by atoms with Gasteiger partial charge in [-0.05, 0) is 18.2 Å². The van der Waals surface area contributed by atoms with Gasteiger partial charge in [-0.2, -0.15) is 0 Å². The van der Waals surface area contributed by atoms with E-state index in [1.165, 1.54) is 18.2 Å². The molecule has 6 heteroatoms. The molecule has 6 nitrogen and oxygen atoms in total.